The Morgan fingerprint density at radius 2 is 1.89 bits per heavy atom. The molecule has 192 valence electrons. The van der Waals surface area contributed by atoms with Gasteiger partial charge in [0.2, 0.25) is 0 Å². The summed E-state index contributed by atoms with van der Waals surface area (Å²) in [7, 11) is 0. The maximum Gasteiger partial charge on any atom is 0.306 e. The van der Waals surface area contributed by atoms with Gasteiger partial charge in [-0.25, -0.2) is 15.0 Å². The van der Waals surface area contributed by atoms with Crippen molar-refractivity contribution >= 4 is 28.9 Å². The predicted octanol–water partition coefficient (Wildman–Crippen LogP) is 1.47. The van der Waals surface area contributed by atoms with Crippen LogP contribution in [0.15, 0.2) is 12.7 Å². The molecule has 3 heterocycles. The summed E-state index contributed by atoms with van der Waals surface area (Å²) in [6.07, 6.45) is 2.80. The van der Waals surface area contributed by atoms with E-state index in [0.29, 0.717) is 36.2 Å². The summed E-state index contributed by atoms with van der Waals surface area (Å²) in [6, 6.07) is 0.0648. The van der Waals surface area contributed by atoms with Gasteiger partial charge >= 0.3 is 11.9 Å². The second kappa shape index (κ2) is 11.3. The van der Waals surface area contributed by atoms with Crippen molar-refractivity contribution < 1.29 is 34.0 Å². The molecule has 1 aliphatic carbocycles. The highest BCUT2D eigenvalue weighted by Gasteiger charge is 2.45. The van der Waals surface area contributed by atoms with Crippen molar-refractivity contribution in [3.8, 4) is 0 Å². The van der Waals surface area contributed by atoms with Crippen LogP contribution in [0.1, 0.15) is 65.0 Å². The van der Waals surface area contributed by atoms with Crippen LogP contribution in [0.2, 0.25) is 0 Å². The number of hydrogen-bond donors (Lipinski definition) is 3. The molecule has 0 aromatic carbocycles. The lowest BCUT2D eigenvalue weighted by Crippen LogP contribution is -2.34. The zero-order chi connectivity index (χ0) is 24.9. The van der Waals surface area contributed by atoms with Crippen molar-refractivity contribution in [2.24, 2.45) is 0 Å². The number of nitrogens with one attached hydrogen (secondary N) is 1. The highest BCUT2D eigenvalue weighted by Crippen LogP contribution is 2.33. The van der Waals surface area contributed by atoms with Gasteiger partial charge in [0.15, 0.2) is 23.2 Å². The second-order valence-corrected chi connectivity index (χ2v) is 9.04. The second-order valence-electron chi connectivity index (χ2n) is 9.04. The summed E-state index contributed by atoms with van der Waals surface area (Å²) in [5.74, 6) is -0.0264. The average Bonchev–Trinajstić information content (AvgIpc) is 3.52. The van der Waals surface area contributed by atoms with Crippen molar-refractivity contribution in [1.29, 1.82) is 0 Å². The molecule has 0 bridgehead atoms. The molecule has 1 aliphatic heterocycles. The van der Waals surface area contributed by atoms with Gasteiger partial charge in [0.25, 0.3) is 0 Å². The topological polar surface area (TPSA) is 158 Å². The average molecular weight is 492 g/mol. The molecule has 1 saturated heterocycles. The van der Waals surface area contributed by atoms with Crippen molar-refractivity contribution in [2.75, 3.05) is 11.9 Å². The molecule has 4 rings (SSSR count). The highest BCUT2D eigenvalue weighted by molar-refractivity contribution is 5.82. The molecule has 6 atom stereocenters. The molecule has 3 N–H and O–H groups in total. The van der Waals surface area contributed by atoms with Crippen LogP contribution < -0.4 is 5.32 Å². The lowest BCUT2D eigenvalue weighted by molar-refractivity contribution is -0.150. The monoisotopic (exact) mass is 491 g/mol. The molecule has 0 amide bonds. The fraction of sp³-hybridized carbons (Fsp3) is 0.696. The molecule has 2 aromatic heterocycles. The van der Waals surface area contributed by atoms with E-state index in [0.717, 1.165) is 19.3 Å². The number of rotatable bonds is 10. The van der Waals surface area contributed by atoms with Crippen LogP contribution in [-0.4, -0.2) is 78.7 Å². The third-order valence-electron chi connectivity index (χ3n) is 6.31. The molecule has 2 aliphatic rings. The predicted molar refractivity (Wildman–Crippen MR) is 123 cm³/mol. The first-order valence-corrected chi connectivity index (χ1v) is 12.2. The Hall–Kier alpha value is -2.83. The zero-order valence-corrected chi connectivity index (χ0v) is 20.0. The summed E-state index contributed by atoms with van der Waals surface area (Å²) in [4.78, 5) is 36.5. The van der Waals surface area contributed by atoms with Gasteiger partial charge in [-0.05, 0) is 25.7 Å². The van der Waals surface area contributed by atoms with Crippen molar-refractivity contribution in [1.82, 2.24) is 19.5 Å². The van der Waals surface area contributed by atoms with E-state index in [-0.39, 0.29) is 37.1 Å². The van der Waals surface area contributed by atoms with Crippen LogP contribution in [0.25, 0.3) is 11.2 Å². The Kier molecular flexibility index (Phi) is 8.14. The maximum absolute atomic E-state index is 11.8. The van der Waals surface area contributed by atoms with E-state index >= 15 is 0 Å². The molecular formula is C23H33N5O7. The third kappa shape index (κ3) is 5.71. The van der Waals surface area contributed by atoms with Gasteiger partial charge in [0, 0.05) is 25.3 Å². The SMILES string of the molecule is CCCC(=O)OC[C@H]1O[C@@H](n2cnc3c(NC4CC[C@@H](OC(=O)CCC)C4)ncnc32)[C@H](O)[C@@H]1O. The molecule has 2 fully saturated rings. The Morgan fingerprint density at radius 3 is 2.66 bits per heavy atom. The normalized spacial score (nSPS) is 28.3. The van der Waals surface area contributed by atoms with Crippen LogP contribution in [0.5, 0.6) is 0 Å². The first-order valence-electron chi connectivity index (χ1n) is 12.2. The molecule has 1 unspecified atom stereocenters. The summed E-state index contributed by atoms with van der Waals surface area (Å²) in [6.45, 7) is 3.65. The fourth-order valence-electron chi connectivity index (χ4n) is 4.51. The first-order chi connectivity index (χ1) is 16.9. The van der Waals surface area contributed by atoms with Gasteiger partial charge in [-0.1, -0.05) is 13.8 Å². The number of aromatic nitrogens is 4. The number of aliphatic hydroxyl groups is 2. The molecule has 12 nitrogen and oxygen atoms in total. The Morgan fingerprint density at radius 1 is 1.11 bits per heavy atom. The summed E-state index contributed by atoms with van der Waals surface area (Å²) < 4.78 is 18.0. The van der Waals surface area contributed by atoms with Crippen molar-refractivity contribution in [3.63, 3.8) is 0 Å². The van der Waals surface area contributed by atoms with Gasteiger partial charge in [-0.2, -0.15) is 0 Å². The third-order valence-corrected chi connectivity index (χ3v) is 6.31. The van der Waals surface area contributed by atoms with Gasteiger partial charge in [-0.15, -0.1) is 0 Å². The number of imidazole rings is 1. The number of anilines is 1. The van der Waals surface area contributed by atoms with E-state index in [4.69, 9.17) is 14.2 Å². The van der Waals surface area contributed by atoms with E-state index in [1.54, 1.807) is 0 Å². The minimum atomic E-state index is -1.26. The van der Waals surface area contributed by atoms with E-state index in [1.165, 1.54) is 17.2 Å². The highest BCUT2D eigenvalue weighted by atomic mass is 16.6. The first kappa shape index (κ1) is 25.3. The van der Waals surface area contributed by atoms with Crippen molar-refractivity contribution in [2.45, 2.75) is 95.5 Å². The number of fused-ring (bicyclic) bond motifs is 1. The smallest absolute Gasteiger partial charge is 0.306 e. The lowest BCUT2D eigenvalue weighted by Gasteiger charge is -2.17. The van der Waals surface area contributed by atoms with Gasteiger partial charge < -0.3 is 29.7 Å². The fourth-order valence-corrected chi connectivity index (χ4v) is 4.51. The van der Waals surface area contributed by atoms with Crippen LogP contribution in [-0.2, 0) is 23.8 Å². The van der Waals surface area contributed by atoms with Crippen LogP contribution in [0.4, 0.5) is 5.82 Å². The molecule has 2 aromatic rings. The Labute approximate surface area is 203 Å². The number of aliphatic hydroxyl groups excluding tert-OH is 2. The van der Waals surface area contributed by atoms with E-state index < -0.39 is 24.5 Å². The molecule has 0 spiro atoms. The van der Waals surface area contributed by atoms with Gasteiger partial charge in [0.05, 0.1) is 6.33 Å². The number of esters is 2. The van der Waals surface area contributed by atoms with Gasteiger partial charge in [-0.3, -0.25) is 14.2 Å². The Balaban J connectivity index is 1.42. The zero-order valence-electron chi connectivity index (χ0n) is 20.0. The standard InChI is InChI=1S/C23H33N5O7/c1-3-5-16(29)33-10-15-19(31)20(32)23(35-15)28-12-26-18-21(24-11-25-22(18)28)27-13-7-8-14(9-13)34-17(30)6-4-2/h11-15,19-20,23,31-32H,3-10H2,1-2H3,(H,24,25,27)/t13?,14-,15-,19-,20-,23-/m1/s1. The van der Waals surface area contributed by atoms with E-state index in [1.807, 2.05) is 13.8 Å². The van der Waals surface area contributed by atoms with Crippen LogP contribution in [0.3, 0.4) is 0 Å². The largest absolute Gasteiger partial charge is 0.463 e. The van der Waals surface area contributed by atoms with Gasteiger partial charge in [0.1, 0.15) is 37.4 Å². The summed E-state index contributed by atoms with van der Waals surface area (Å²) >= 11 is 0. The van der Waals surface area contributed by atoms with Crippen molar-refractivity contribution in [3.05, 3.63) is 12.7 Å². The number of hydrogen-bond acceptors (Lipinski definition) is 11. The summed E-state index contributed by atoms with van der Waals surface area (Å²) in [5.41, 5.74) is 0.910. The minimum Gasteiger partial charge on any atom is -0.463 e. The van der Waals surface area contributed by atoms with E-state index in [2.05, 4.69) is 20.3 Å². The van der Waals surface area contributed by atoms with Crippen LogP contribution in [0, 0.1) is 0 Å². The number of carbonyl (C=O) groups is 2. The molecule has 1 saturated carbocycles. The minimum absolute atomic E-state index is 0.0648. The summed E-state index contributed by atoms with van der Waals surface area (Å²) in [5, 5.41) is 24.4. The number of nitrogens with zero attached hydrogens (tertiary/aromatic N) is 4. The van der Waals surface area contributed by atoms with E-state index in [9.17, 15) is 19.8 Å². The molecule has 0 radical (unpaired) electrons. The molecular weight excluding hydrogens is 458 g/mol. The van der Waals surface area contributed by atoms with Crippen LogP contribution >= 0.6 is 0 Å². The number of ether oxygens (including phenoxy) is 3. The number of carbonyl (C=O) groups excluding carboxylic acids is 2. The quantitative estimate of drug-likeness (QED) is 0.413. The molecule has 35 heavy (non-hydrogen) atoms. The lowest BCUT2D eigenvalue weighted by atomic mass is 10.1. The Bertz CT molecular complexity index is 1030. The molecule has 12 heteroatoms. The maximum atomic E-state index is 11.8.